The molecule has 2 heterocycles. The molecule has 180 valence electrons. The van der Waals surface area contributed by atoms with E-state index in [1.165, 1.54) is 11.6 Å². The van der Waals surface area contributed by atoms with E-state index in [1.807, 2.05) is 54.6 Å². The molecule has 0 aliphatic rings. The molecule has 36 heavy (non-hydrogen) atoms. The number of aryl methyl sites for hydroxylation is 1. The first kappa shape index (κ1) is 23.6. The lowest BCUT2D eigenvalue weighted by Gasteiger charge is -2.08. The third-order valence-electron chi connectivity index (χ3n) is 6.08. The van der Waals surface area contributed by atoms with E-state index in [9.17, 15) is 9.59 Å². The van der Waals surface area contributed by atoms with Crippen LogP contribution in [0, 0.1) is 6.92 Å². The number of esters is 1. The predicted molar refractivity (Wildman–Crippen MR) is 140 cm³/mol. The highest BCUT2D eigenvalue weighted by atomic mass is 35.5. The fourth-order valence-corrected chi connectivity index (χ4v) is 4.15. The minimum atomic E-state index is -0.638. The molecule has 0 aliphatic carbocycles. The third kappa shape index (κ3) is 4.43. The molecule has 0 bridgehead atoms. The molecular weight excluding hydrogens is 476 g/mol. The Kier molecular flexibility index (Phi) is 6.20. The van der Waals surface area contributed by atoms with E-state index in [-0.39, 0.29) is 16.4 Å². The molecule has 0 atom stereocenters. The lowest BCUT2D eigenvalue weighted by atomic mass is 10.00. The minimum Gasteiger partial charge on any atom is -0.423 e. The summed E-state index contributed by atoms with van der Waals surface area (Å²) in [7, 11) is 0. The first-order chi connectivity index (χ1) is 17.3. The molecule has 0 unspecified atom stereocenters. The molecule has 0 spiro atoms. The molecule has 5 rings (SSSR count). The number of hydrogen-bond acceptors (Lipinski definition) is 5. The predicted octanol–water partition coefficient (Wildman–Crippen LogP) is 6.95. The molecule has 0 saturated carbocycles. The SMILES string of the molecule is Cc1c(Cl)c(=O)oc2cc(OC(=O)c3cn(-c4ccccc4)nc3-c3ccc(C(C)C)cc3)ccc12. The van der Waals surface area contributed by atoms with Crippen molar-refractivity contribution >= 4 is 28.5 Å². The highest BCUT2D eigenvalue weighted by molar-refractivity contribution is 6.31. The maximum absolute atomic E-state index is 13.4. The zero-order valence-corrected chi connectivity index (χ0v) is 20.7. The summed E-state index contributed by atoms with van der Waals surface area (Å²) >= 11 is 6.02. The van der Waals surface area contributed by atoms with Gasteiger partial charge in [-0.3, -0.25) is 0 Å². The molecule has 0 amide bonds. The van der Waals surface area contributed by atoms with E-state index in [1.54, 1.807) is 29.9 Å². The van der Waals surface area contributed by atoms with Crippen LogP contribution < -0.4 is 10.4 Å². The Hall–Kier alpha value is -4.16. The van der Waals surface area contributed by atoms with Crippen molar-refractivity contribution in [2.45, 2.75) is 26.7 Å². The van der Waals surface area contributed by atoms with Crippen molar-refractivity contribution in [2.24, 2.45) is 0 Å². The molecule has 0 radical (unpaired) electrons. The number of aromatic nitrogens is 2. The number of benzene rings is 3. The second-order valence-corrected chi connectivity index (χ2v) is 9.20. The molecule has 0 saturated heterocycles. The number of halogens is 1. The third-order valence-corrected chi connectivity index (χ3v) is 6.52. The summed E-state index contributed by atoms with van der Waals surface area (Å²) < 4.78 is 12.7. The van der Waals surface area contributed by atoms with Gasteiger partial charge in [-0.1, -0.05) is 67.9 Å². The summed E-state index contributed by atoms with van der Waals surface area (Å²) in [6.07, 6.45) is 1.66. The number of nitrogens with zero attached hydrogens (tertiary/aromatic N) is 2. The smallest absolute Gasteiger partial charge is 0.355 e. The van der Waals surface area contributed by atoms with E-state index >= 15 is 0 Å². The molecule has 3 aromatic carbocycles. The lowest BCUT2D eigenvalue weighted by molar-refractivity contribution is 0.0735. The largest absolute Gasteiger partial charge is 0.423 e. The first-order valence-corrected chi connectivity index (χ1v) is 11.9. The topological polar surface area (TPSA) is 74.3 Å². The normalized spacial score (nSPS) is 11.2. The van der Waals surface area contributed by atoms with Crippen LogP contribution in [0.1, 0.15) is 41.3 Å². The average molecular weight is 499 g/mol. The number of hydrogen-bond donors (Lipinski definition) is 0. The van der Waals surface area contributed by atoms with E-state index < -0.39 is 11.6 Å². The van der Waals surface area contributed by atoms with Crippen molar-refractivity contribution in [1.82, 2.24) is 9.78 Å². The first-order valence-electron chi connectivity index (χ1n) is 11.5. The Morgan fingerprint density at radius 1 is 1.03 bits per heavy atom. The van der Waals surface area contributed by atoms with Gasteiger partial charge in [0.25, 0.3) is 0 Å². The van der Waals surface area contributed by atoms with Crippen LogP contribution in [0.5, 0.6) is 5.75 Å². The van der Waals surface area contributed by atoms with E-state index in [4.69, 9.17) is 25.9 Å². The molecular formula is C29H23ClN2O4. The summed E-state index contributed by atoms with van der Waals surface area (Å²) in [6.45, 7) is 5.99. The van der Waals surface area contributed by atoms with Gasteiger partial charge in [-0.05, 0) is 48.2 Å². The molecule has 0 aliphatic heterocycles. The summed E-state index contributed by atoms with van der Waals surface area (Å²) in [5.74, 6) is 0.0512. The van der Waals surface area contributed by atoms with Gasteiger partial charge in [-0.25, -0.2) is 14.3 Å². The van der Waals surface area contributed by atoms with Crippen LogP contribution in [-0.2, 0) is 0 Å². The number of carbonyl (C=O) groups excluding carboxylic acids is 1. The van der Waals surface area contributed by atoms with Crippen LogP contribution in [0.2, 0.25) is 5.02 Å². The highest BCUT2D eigenvalue weighted by Crippen LogP contribution is 2.29. The summed E-state index contributed by atoms with van der Waals surface area (Å²) in [4.78, 5) is 25.4. The Morgan fingerprint density at radius 2 is 1.75 bits per heavy atom. The highest BCUT2D eigenvalue weighted by Gasteiger charge is 2.21. The summed E-state index contributed by atoms with van der Waals surface area (Å²) in [6, 6.07) is 22.4. The fourth-order valence-electron chi connectivity index (χ4n) is 4.01. The van der Waals surface area contributed by atoms with Crippen molar-refractivity contribution in [2.75, 3.05) is 0 Å². The van der Waals surface area contributed by atoms with Crippen molar-refractivity contribution in [1.29, 1.82) is 0 Å². The van der Waals surface area contributed by atoms with Crippen LogP contribution in [0.15, 0.2) is 88.2 Å². The minimum absolute atomic E-state index is 0.0358. The van der Waals surface area contributed by atoms with E-state index in [2.05, 4.69) is 13.8 Å². The zero-order valence-electron chi connectivity index (χ0n) is 20.0. The van der Waals surface area contributed by atoms with E-state index in [0.29, 0.717) is 28.1 Å². The number of carbonyl (C=O) groups is 1. The van der Waals surface area contributed by atoms with Crippen LogP contribution in [-0.4, -0.2) is 15.7 Å². The van der Waals surface area contributed by atoms with Gasteiger partial charge in [0.2, 0.25) is 0 Å². The van der Waals surface area contributed by atoms with Gasteiger partial charge >= 0.3 is 11.6 Å². The number of rotatable bonds is 5. The maximum atomic E-state index is 13.4. The van der Waals surface area contributed by atoms with Crippen LogP contribution in [0.25, 0.3) is 27.9 Å². The van der Waals surface area contributed by atoms with Crippen LogP contribution >= 0.6 is 11.6 Å². The van der Waals surface area contributed by atoms with Gasteiger partial charge in [0.05, 0.1) is 5.69 Å². The van der Waals surface area contributed by atoms with Crippen LogP contribution in [0.4, 0.5) is 0 Å². The van der Waals surface area contributed by atoms with Gasteiger partial charge in [0.15, 0.2) is 0 Å². The van der Waals surface area contributed by atoms with Crippen molar-refractivity contribution in [3.8, 4) is 22.7 Å². The molecule has 6 nitrogen and oxygen atoms in total. The van der Waals surface area contributed by atoms with Crippen LogP contribution in [0.3, 0.4) is 0 Å². The number of para-hydroxylation sites is 1. The van der Waals surface area contributed by atoms with Crippen molar-refractivity contribution < 1.29 is 13.9 Å². The fraction of sp³-hybridized carbons (Fsp3) is 0.138. The summed E-state index contributed by atoms with van der Waals surface area (Å²) in [5.41, 5.74) is 3.89. The number of ether oxygens (including phenoxy) is 1. The maximum Gasteiger partial charge on any atom is 0.355 e. The lowest BCUT2D eigenvalue weighted by Crippen LogP contribution is -2.09. The Balaban J connectivity index is 1.54. The van der Waals surface area contributed by atoms with Crippen molar-refractivity contribution in [3.05, 3.63) is 111 Å². The zero-order chi connectivity index (χ0) is 25.4. The molecule has 5 aromatic rings. The average Bonchev–Trinajstić information content (AvgIpc) is 3.34. The van der Waals surface area contributed by atoms with Gasteiger partial charge in [-0.2, -0.15) is 5.10 Å². The van der Waals surface area contributed by atoms with Gasteiger partial charge in [0.1, 0.15) is 27.6 Å². The van der Waals surface area contributed by atoms with Crippen molar-refractivity contribution in [3.63, 3.8) is 0 Å². The Labute approximate surface area is 212 Å². The number of fused-ring (bicyclic) bond motifs is 1. The molecule has 0 N–H and O–H groups in total. The monoisotopic (exact) mass is 498 g/mol. The van der Waals surface area contributed by atoms with Gasteiger partial charge in [0, 0.05) is 23.2 Å². The molecule has 2 aromatic heterocycles. The quantitative estimate of drug-likeness (QED) is 0.149. The Bertz CT molecular complexity index is 1630. The molecule has 7 heteroatoms. The second-order valence-electron chi connectivity index (χ2n) is 8.82. The summed E-state index contributed by atoms with van der Waals surface area (Å²) in [5, 5.41) is 5.42. The van der Waals surface area contributed by atoms with E-state index in [0.717, 1.165) is 11.3 Å². The van der Waals surface area contributed by atoms with Gasteiger partial charge in [-0.15, -0.1) is 0 Å². The second kappa shape index (κ2) is 9.47. The standard InChI is InChI=1S/C29H23ClN2O4/c1-17(2)19-9-11-20(12-10-19)27-24(16-32(31-27)21-7-5-4-6-8-21)28(33)35-22-13-14-23-18(3)26(30)29(34)36-25(23)15-22/h4-17H,1-3H3. The Morgan fingerprint density at radius 3 is 2.44 bits per heavy atom. The van der Waals surface area contributed by atoms with Gasteiger partial charge < -0.3 is 9.15 Å². The molecule has 0 fully saturated rings.